The van der Waals surface area contributed by atoms with Gasteiger partial charge >= 0.3 is 5.97 Å². The maximum atomic E-state index is 10.4. The van der Waals surface area contributed by atoms with Crippen LogP contribution in [0.1, 0.15) is 19.3 Å². The van der Waals surface area contributed by atoms with E-state index in [0.717, 1.165) is 12.8 Å². The minimum atomic E-state index is -0.907. The molecule has 1 saturated carbocycles. The summed E-state index contributed by atoms with van der Waals surface area (Å²) in [5.41, 5.74) is 5.37. The molecule has 0 bridgehead atoms. The third kappa shape index (κ3) is 2.19. The summed E-state index contributed by atoms with van der Waals surface area (Å²) >= 11 is 0. The fourth-order valence-electron chi connectivity index (χ4n) is 1.52. The smallest absolute Gasteiger partial charge is 0.320 e. The second kappa shape index (κ2) is 3.87. The predicted molar refractivity (Wildman–Crippen MR) is 43.7 cm³/mol. The van der Waals surface area contributed by atoms with Crippen LogP contribution in [0.5, 0.6) is 0 Å². The van der Waals surface area contributed by atoms with Gasteiger partial charge in [-0.3, -0.25) is 4.79 Å². The lowest BCUT2D eigenvalue weighted by atomic mass is 9.78. The number of nitrogens with two attached hydrogens (primary N) is 1. The van der Waals surface area contributed by atoms with Crippen molar-refractivity contribution in [1.82, 2.24) is 0 Å². The van der Waals surface area contributed by atoms with Crippen LogP contribution in [0.25, 0.3) is 0 Å². The zero-order valence-electron chi connectivity index (χ0n) is 7.19. The molecule has 0 spiro atoms. The molecular weight excluding hydrogens is 158 g/mol. The van der Waals surface area contributed by atoms with Crippen LogP contribution in [0.3, 0.4) is 0 Å². The summed E-state index contributed by atoms with van der Waals surface area (Å²) in [5, 5.41) is 8.52. The number of aliphatic carboxylic acids is 1. The van der Waals surface area contributed by atoms with Crippen molar-refractivity contribution in [2.45, 2.75) is 31.4 Å². The van der Waals surface area contributed by atoms with Crippen LogP contribution in [0.4, 0.5) is 0 Å². The van der Waals surface area contributed by atoms with E-state index in [1.807, 2.05) is 0 Å². The zero-order valence-corrected chi connectivity index (χ0v) is 7.19. The first-order valence-electron chi connectivity index (χ1n) is 4.14. The molecule has 0 saturated heterocycles. The first-order valence-corrected chi connectivity index (χ1v) is 4.14. The van der Waals surface area contributed by atoms with E-state index in [1.54, 1.807) is 7.11 Å². The molecule has 1 rings (SSSR count). The van der Waals surface area contributed by atoms with E-state index >= 15 is 0 Å². The highest BCUT2D eigenvalue weighted by atomic mass is 16.5. The highest BCUT2D eigenvalue weighted by molar-refractivity contribution is 5.73. The molecule has 1 aliphatic carbocycles. The molecule has 4 heteroatoms. The molecule has 0 heterocycles. The molecule has 3 N–H and O–H groups in total. The lowest BCUT2D eigenvalue weighted by Crippen LogP contribution is -2.38. The topological polar surface area (TPSA) is 72.5 Å². The Bertz CT molecular complexity index is 166. The van der Waals surface area contributed by atoms with Crippen LogP contribution in [0.15, 0.2) is 0 Å². The molecule has 4 nitrogen and oxygen atoms in total. The Morgan fingerprint density at radius 2 is 2.33 bits per heavy atom. The second-order valence-corrected chi connectivity index (χ2v) is 3.38. The number of ether oxygens (including phenoxy) is 1. The largest absolute Gasteiger partial charge is 0.480 e. The third-order valence-electron chi connectivity index (χ3n) is 2.43. The molecule has 0 aromatic rings. The minimum Gasteiger partial charge on any atom is -0.480 e. The van der Waals surface area contributed by atoms with E-state index in [9.17, 15) is 4.79 Å². The summed E-state index contributed by atoms with van der Waals surface area (Å²) in [6.07, 6.45) is 2.82. The van der Waals surface area contributed by atoms with E-state index in [-0.39, 0.29) is 0 Å². The summed E-state index contributed by atoms with van der Waals surface area (Å²) in [4.78, 5) is 10.4. The van der Waals surface area contributed by atoms with Crippen molar-refractivity contribution in [3.05, 3.63) is 0 Å². The summed E-state index contributed by atoms with van der Waals surface area (Å²) < 4.78 is 5.07. The lowest BCUT2D eigenvalue weighted by Gasteiger charge is -2.34. The van der Waals surface area contributed by atoms with Gasteiger partial charge in [-0.2, -0.15) is 0 Å². The Kier molecular flexibility index (Phi) is 3.05. The van der Waals surface area contributed by atoms with Gasteiger partial charge in [-0.25, -0.2) is 0 Å². The molecule has 0 radical (unpaired) electrons. The van der Waals surface area contributed by atoms with Gasteiger partial charge in [0, 0.05) is 7.11 Å². The quantitative estimate of drug-likeness (QED) is 0.637. The molecule has 0 unspecified atom stereocenters. The standard InChI is InChI=1S/C8H15NO3/c1-12-6-2-5(3-6)4-7(9)8(10)11/h5-7H,2-4,9H2,1H3,(H,10,11)/t5?,6?,7-/m0/s1. The number of carboxylic acids is 1. The lowest BCUT2D eigenvalue weighted by molar-refractivity contribution is -0.139. The molecule has 1 aliphatic rings. The molecule has 12 heavy (non-hydrogen) atoms. The van der Waals surface area contributed by atoms with Crippen LogP contribution in [-0.2, 0) is 9.53 Å². The van der Waals surface area contributed by atoms with Crippen LogP contribution in [0, 0.1) is 5.92 Å². The minimum absolute atomic E-state index is 0.330. The first kappa shape index (κ1) is 9.48. The van der Waals surface area contributed by atoms with Crippen molar-refractivity contribution in [1.29, 1.82) is 0 Å². The van der Waals surface area contributed by atoms with Gasteiger partial charge in [-0.15, -0.1) is 0 Å². The first-order chi connectivity index (χ1) is 5.63. The monoisotopic (exact) mass is 173 g/mol. The maximum absolute atomic E-state index is 10.4. The van der Waals surface area contributed by atoms with Gasteiger partial charge < -0.3 is 15.6 Å². The number of hydrogen-bond donors (Lipinski definition) is 2. The van der Waals surface area contributed by atoms with Gasteiger partial charge in [0.15, 0.2) is 0 Å². The van der Waals surface area contributed by atoms with Gasteiger partial charge in [0.05, 0.1) is 6.10 Å². The van der Waals surface area contributed by atoms with E-state index in [2.05, 4.69) is 0 Å². The maximum Gasteiger partial charge on any atom is 0.320 e. The van der Waals surface area contributed by atoms with Gasteiger partial charge in [-0.05, 0) is 25.2 Å². The molecule has 1 atom stereocenters. The van der Waals surface area contributed by atoms with Crippen molar-refractivity contribution in [2.24, 2.45) is 11.7 Å². The van der Waals surface area contributed by atoms with Crippen LogP contribution >= 0.6 is 0 Å². The Morgan fingerprint density at radius 1 is 1.75 bits per heavy atom. The Hall–Kier alpha value is -0.610. The van der Waals surface area contributed by atoms with Crippen molar-refractivity contribution in [3.63, 3.8) is 0 Å². The summed E-state index contributed by atoms with van der Waals surface area (Å²) in [7, 11) is 1.68. The molecule has 70 valence electrons. The Morgan fingerprint density at radius 3 is 2.75 bits per heavy atom. The normalized spacial score (nSPS) is 30.8. The predicted octanol–water partition coefficient (Wildman–Crippen LogP) is 0.213. The summed E-state index contributed by atoms with van der Waals surface area (Å²) in [6, 6.07) is -0.701. The SMILES string of the molecule is COC1CC(C[C@H](N)C(=O)O)C1. The fraction of sp³-hybridized carbons (Fsp3) is 0.875. The van der Waals surface area contributed by atoms with Crippen molar-refractivity contribution < 1.29 is 14.6 Å². The van der Waals surface area contributed by atoms with Gasteiger partial charge in [0.25, 0.3) is 0 Å². The van der Waals surface area contributed by atoms with Crippen molar-refractivity contribution in [2.75, 3.05) is 7.11 Å². The van der Waals surface area contributed by atoms with Crippen molar-refractivity contribution in [3.8, 4) is 0 Å². The number of carbonyl (C=O) groups is 1. The Balaban J connectivity index is 2.14. The number of rotatable bonds is 4. The molecule has 0 aromatic carbocycles. The van der Waals surface area contributed by atoms with Gasteiger partial charge in [0.1, 0.15) is 6.04 Å². The van der Waals surface area contributed by atoms with Gasteiger partial charge in [-0.1, -0.05) is 0 Å². The van der Waals surface area contributed by atoms with E-state index in [0.29, 0.717) is 18.4 Å². The fourth-order valence-corrected chi connectivity index (χ4v) is 1.52. The number of methoxy groups -OCH3 is 1. The number of carboxylic acid groups (broad SMARTS) is 1. The summed E-state index contributed by atoms with van der Waals surface area (Å²) in [6.45, 7) is 0. The number of hydrogen-bond acceptors (Lipinski definition) is 3. The molecule has 0 aliphatic heterocycles. The molecule has 0 amide bonds. The van der Waals surface area contributed by atoms with Crippen LogP contribution in [0.2, 0.25) is 0 Å². The average molecular weight is 173 g/mol. The van der Waals surface area contributed by atoms with E-state index in [1.165, 1.54) is 0 Å². The van der Waals surface area contributed by atoms with E-state index in [4.69, 9.17) is 15.6 Å². The molecular formula is C8H15NO3. The highest BCUT2D eigenvalue weighted by Gasteiger charge is 2.31. The zero-order chi connectivity index (χ0) is 9.14. The second-order valence-electron chi connectivity index (χ2n) is 3.38. The Labute approximate surface area is 71.7 Å². The van der Waals surface area contributed by atoms with Crippen LogP contribution in [-0.4, -0.2) is 30.3 Å². The van der Waals surface area contributed by atoms with E-state index < -0.39 is 12.0 Å². The average Bonchev–Trinajstić information content (AvgIpc) is 1.94. The van der Waals surface area contributed by atoms with Gasteiger partial charge in [0.2, 0.25) is 0 Å². The highest BCUT2D eigenvalue weighted by Crippen LogP contribution is 2.32. The third-order valence-corrected chi connectivity index (χ3v) is 2.43. The molecule has 0 aromatic heterocycles. The van der Waals surface area contributed by atoms with Crippen molar-refractivity contribution >= 4 is 5.97 Å². The van der Waals surface area contributed by atoms with Crippen LogP contribution < -0.4 is 5.73 Å². The molecule has 1 fully saturated rings. The summed E-state index contributed by atoms with van der Waals surface area (Å²) in [5.74, 6) is -0.461.